The molecule has 0 amide bonds. The molecule has 0 radical (unpaired) electrons. The Bertz CT molecular complexity index is 1070. The van der Waals surface area contributed by atoms with Crippen molar-refractivity contribution in [3.8, 4) is 0 Å². The molecule has 152 valence electrons. The molecule has 3 aromatic rings. The van der Waals surface area contributed by atoms with Gasteiger partial charge >= 0.3 is 5.97 Å². The summed E-state index contributed by atoms with van der Waals surface area (Å²) in [6.45, 7) is 8.16. The first kappa shape index (κ1) is 20.8. The minimum atomic E-state index is -0.548. The number of carbonyl (C=O) groups is 2. The fourth-order valence-corrected chi connectivity index (χ4v) is 4.02. The number of hydrogen-bond donors (Lipinski definition) is 0. The van der Waals surface area contributed by atoms with Gasteiger partial charge in [0.15, 0.2) is 6.61 Å². The van der Waals surface area contributed by atoms with Crippen LogP contribution in [0.15, 0.2) is 29.7 Å². The molecule has 3 rings (SSSR count). The minimum absolute atomic E-state index is 0.203. The summed E-state index contributed by atoms with van der Waals surface area (Å²) in [5, 5.41) is 6.35. The zero-order valence-electron chi connectivity index (χ0n) is 17.4. The molecular formula is C22H25N3O3S. The predicted molar refractivity (Wildman–Crippen MR) is 114 cm³/mol. The van der Waals surface area contributed by atoms with E-state index in [1.54, 1.807) is 22.1 Å². The van der Waals surface area contributed by atoms with Crippen LogP contribution in [0.1, 0.15) is 43.6 Å². The molecule has 0 fully saturated rings. The summed E-state index contributed by atoms with van der Waals surface area (Å²) >= 11 is 1.69. The lowest BCUT2D eigenvalue weighted by Crippen LogP contribution is -2.13. The van der Waals surface area contributed by atoms with Crippen LogP contribution in [0.5, 0.6) is 0 Å². The van der Waals surface area contributed by atoms with E-state index in [0.717, 1.165) is 34.9 Å². The number of ketones is 1. The van der Waals surface area contributed by atoms with Gasteiger partial charge in [-0.2, -0.15) is 5.10 Å². The number of nitrogens with zero attached hydrogens (tertiary/aromatic N) is 3. The summed E-state index contributed by atoms with van der Waals surface area (Å²) in [4.78, 5) is 25.9. The van der Waals surface area contributed by atoms with E-state index in [1.807, 2.05) is 52.3 Å². The van der Waals surface area contributed by atoms with Gasteiger partial charge in [-0.15, -0.1) is 11.3 Å². The van der Waals surface area contributed by atoms with E-state index in [9.17, 15) is 9.59 Å². The molecule has 29 heavy (non-hydrogen) atoms. The first-order valence-electron chi connectivity index (χ1n) is 9.35. The van der Waals surface area contributed by atoms with E-state index < -0.39 is 5.97 Å². The number of rotatable bonds is 7. The Hall–Kier alpha value is -2.93. The second-order valence-corrected chi connectivity index (χ2v) is 8.05. The Kier molecular flexibility index (Phi) is 6.17. The highest BCUT2D eigenvalue weighted by molar-refractivity contribution is 7.09. The van der Waals surface area contributed by atoms with E-state index in [2.05, 4.69) is 15.7 Å². The highest BCUT2D eigenvalue weighted by Gasteiger charge is 2.17. The summed E-state index contributed by atoms with van der Waals surface area (Å²) in [6, 6.07) is 5.95. The van der Waals surface area contributed by atoms with Crippen molar-refractivity contribution in [1.82, 2.24) is 14.3 Å². The van der Waals surface area contributed by atoms with Gasteiger partial charge in [-0.3, -0.25) is 9.48 Å². The highest BCUT2D eigenvalue weighted by Crippen LogP contribution is 2.20. The Morgan fingerprint density at radius 3 is 2.59 bits per heavy atom. The van der Waals surface area contributed by atoms with Crippen LogP contribution in [0.4, 0.5) is 0 Å². The quantitative estimate of drug-likeness (QED) is 0.335. The number of Topliss-reactive ketones (excluding diaryl/α,β-unsaturated/α-hetero) is 1. The fraction of sp³-hybridized carbons (Fsp3) is 0.318. The molecule has 0 saturated heterocycles. The van der Waals surface area contributed by atoms with Gasteiger partial charge < -0.3 is 9.30 Å². The van der Waals surface area contributed by atoms with Crippen molar-refractivity contribution in [1.29, 1.82) is 0 Å². The van der Waals surface area contributed by atoms with Crippen LogP contribution in [0.2, 0.25) is 0 Å². The van der Waals surface area contributed by atoms with Gasteiger partial charge in [-0.05, 0) is 51.3 Å². The van der Waals surface area contributed by atoms with E-state index in [4.69, 9.17) is 4.74 Å². The third kappa shape index (κ3) is 4.56. The lowest BCUT2D eigenvalue weighted by molar-refractivity contribution is -0.136. The SMILES string of the molecule is Cc1nn(C)c(C)c1/C=C/C(=O)OCC(=O)c1cc(C)n(Cc2cccs2)c1C. The number of carbonyl (C=O) groups excluding carboxylic acids is 2. The van der Waals surface area contributed by atoms with Crippen LogP contribution in [0, 0.1) is 27.7 Å². The smallest absolute Gasteiger partial charge is 0.331 e. The molecule has 0 N–H and O–H groups in total. The third-order valence-electron chi connectivity index (χ3n) is 5.06. The average Bonchev–Trinajstić information content (AvgIpc) is 3.35. The van der Waals surface area contributed by atoms with Crippen LogP contribution in [0.25, 0.3) is 6.08 Å². The summed E-state index contributed by atoms with van der Waals surface area (Å²) in [7, 11) is 1.85. The van der Waals surface area contributed by atoms with Crippen LogP contribution in [-0.2, 0) is 23.1 Å². The van der Waals surface area contributed by atoms with Gasteiger partial charge in [0, 0.05) is 46.2 Å². The van der Waals surface area contributed by atoms with Gasteiger partial charge in [-0.25, -0.2) is 4.79 Å². The molecule has 0 saturated carbocycles. The summed E-state index contributed by atoms with van der Waals surface area (Å²) < 4.78 is 9.03. The van der Waals surface area contributed by atoms with Crippen LogP contribution >= 0.6 is 11.3 Å². The van der Waals surface area contributed by atoms with E-state index >= 15 is 0 Å². The Balaban J connectivity index is 1.63. The molecule has 7 heteroatoms. The molecule has 0 aliphatic carbocycles. The maximum absolute atomic E-state index is 12.6. The van der Waals surface area contributed by atoms with Gasteiger partial charge in [0.1, 0.15) is 0 Å². The van der Waals surface area contributed by atoms with E-state index in [-0.39, 0.29) is 12.4 Å². The third-order valence-corrected chi connectivity index (χ3v) is 5.93. The number of aromatic nitrogens is 3. The number of ether oxygens (including phenoxy) is 1. The molecular weight excluding hydrogens is 386 g/mol. The van der Waals surface area contributed by atoms with Crippen molar-refractivity contribution in [2.24, 2.45) is 7.05 Å². The predicted octanol–water partition coefficient (Wildman–Crippen LogP) is 4.00. The second-order valence-electron chi connectivity index (χ2n) is 7.02. The van der Waals surface area contributed by atoms with Crippen LogP contribution < -0.4 is 0 Å². The number of hydrogen-bond acceptors (Lipinski definition) is 5. The standard InChI is InChI=1S/C22H25N3O3S/c1-14-11-20(17(4)25(14)12-18-7-6-10-29-18)21(26)13-28-22(27)9-8-19-15(2)23-24(5)16(19)3/h6-11H,12-13H2,1-5H3/b9-8+. The van der Waals surface area contributed by atoms with Crippen molar-refractivity contribution >= 4 is 29.2 Å². The van der Waals surface area contributed by atoms with Crippen molar-refractivity contribution in [2.45, 2.75) is 34.2 Å². The number of thiophene rings is 1. The molecule has 0 atom stereocenters. The Labute approximate surface area is 174 Å². The minimum Gasteiger partial charge on any atom is -0.454 e. The van der Waals surface area contributed by atoms with Crippen LogP contribution in [-0.4, -0.2) is 32.7 Å². The van der Waals surface area contributed by atoms with E-state index in [0.29, 0.717) is 5.56 Å². The lowest BCUT2D eigenvalue weighted by atomic mass is 10.1. The molecule has 0 spiro atoms. The average molecular weight is 412 g/mol. The zero-order chi connectivity index (χ0) is 21.1. The normalized spacial score (nSPS) is 11.3. The largest absolute Gasteiger partial charge is 0.454 e. The van der Waals surface area contributed by atoms with E-state index in [1.165, 1.54) is 11.0 Å². The summed E-state index contributed by atoms with van der Waals surface area (Å²) in [6.07, 6.45) is 3.02. The van der Waals surface area contributed by atoms with Crippen molar-refractivity contribution < 1.29 is 14.3 Å². The molecule has 6 nitrogen and oxygen atoms in total. The molecule has 0 aliphatic heterocycles. The summed E-state index contributed by atoms with van der Waals surface area (Å²) in [5.41, 5.74) is 5.16. The molecule has 0 aromatic carbocycles. The van der Waals surface area contributed by atoms with Gasteiger partial charge in [0.05, 0.1) is 12.2 Å². The van der Waals surface area contributed by atoms with Crippen molar-refractivity contribution in [3.05, 3.63) is 68.4 Å². The monoisotopic (exact) mass is 411 g/mol. The molecule has 0 bridgehead atoms. The molecule has 0 aliphatic rings. The van der Waals surface area contributed by atoms with Crippen LogP contribution in [0.3, 0.4) is 0 Å². The molecule has 0 unspecified atom stereocenters. The number of esters is 1. The first-order valence-corrected chi connectivity index (χ1v) is 10.2. The topological polar surface area (TPSA) is 66.1 Å². The van der Waals surface area contributed by atoms with Gasteiger partial charge in [0.2, 0.25) is 5.78 Å². The zero-order valence-corrected chi connectivity index (χ0v) is 18.2. The van der Waals surface area contributed by atoms with Crippen molar-refractivity contribution in [3.63, 3.8) is 0 Å². The second kappa shape index (κ2) is 8.61. The molecule has 3 aromatic heterocycles. The Morgan fingerprint density at radius 1 is 1.21 bits per heavy atom. The lowest BCUT2D eigenvalue weighted by Gasteiger charge is -2.08. The maximum Gasteiger partial charge on any atom is 0.331 e. The first-order chi connectivity index (χ1) is 13.8. The van der Waals surface area contributed by atoms with Gasteiger partial charge in [0.25, 0.3) is 0 Å². The van der Waals surface area contributed by atoms with Gasteiger partial charge in [-0.1, -0.05) is 6.07 Å². The maximum atomic E-state index is 12.6. The Morgan fingerprint density at radius 2 is 1.97 bits per heavy atom. The fourth-order valence-electron chi connectivity index (χ4n) is 3.33. The molecule has 3 heterocycles. The summed E-state index contributed by atoms with van der Waals surface area (Å²) in [5.74, 6) is -0.751. The highest BCUT2D eigenvalue weighted by atomic mass is 32.1. The van der Waals surface area contributed by atoms with Crippen molar-refractivity contribution in [2.75, 3.05) is 6.61 Å². The number of aryl methyl sites for hydroxylation is 3.